The zero-order valence-electron chi connectivity index (χ0n) is 13.5. The molecule has 1 aliphatic heterocycles. The van der Waals surface area contributed by atoms with Crippen molar-refractivity contribution in [1.82, 2.24) is 5.32 Å². The van der Waals surface area contributed by atoms with Gasteiger partial charge in [-0.25, -0.2) is 0 Å². The van der Waals surface area contributed by atoms with Crippen molar-refractivity contribution in [2.24, 2.45) is 0 Å². The van der Waals surface area contributed by atoms with Gasteiger partial charge in [-0.1, -0.05) is 30.3 Å². The predicted octanol–water partition coefficient (Wildman–Crippen LogP) is 1.23. The van der Waals surface area contributed by atoms with E-state index in [1.54, 1.807) is 0 Å². The number of carbonyl (C=O) groups excluding carboxylic acids is 1. The van der Waals surface area contributed by atoms with E-state index in [9.17, 15) is 4.79 Å². The van der Waals surface area contributed by atoms with E-state index >= 15 is 0 Å². The maximum Gasteiger partial charge on any atom is 0.287 e. The molecule has 3 aromatic rings. The van der Waals surface area contributed by atoms with Crippen LogP contribution < -0.4 is 10.2 Å². The lowest BCUT2D eigenvalue weighted by Crippen LogP contribution is -3.14. The lowest BCUT2D eigenvalue weighted by molar-refractivity contribution is -0.906. The quantitative estimate of drug-likeness (QED) is 0.759. The normalized spacial score (nSPS) is 15.8. The number of hydrogen-bond donors (Lipinski definition) is 2. The van der Waals surface area contributed by atoms with Gasteiger partial charge >= 0.3 is 0 Å². The molecule has 5 heteroatoms. The van der Waals surface area contributed by atoms with Crippen LogP contribution in [0.4, 0.5) is 0 Å². The lowest BCUT2D eigenvalue weighted by Gasteiger charge is -2.23. The number of furan rings is 1. The summed E-state index contributed by atoms with van der Waals surface area (Å²) in [4.78, 5) is 13.8. The first-order valence-corrected chi connectivity index (χ1v) is 8.42. The molecule has 1 aliphatic rings. The highest BCUT2D eigenvalue weighted by Crippen LogP contribution is 2.27. The number of quaternary nitrogens is 1. The Bertz CT molecular complexity index is 865. The predicted molar refractivity (Wildman–Crippen MR) is 92.4 cm³/mol. The van der Waals surface area contributed by atoms with Crippen molar-refractivity contribution >= 4 is 27.6 Å². The van der Waals surface area contributed by atoms with Crippen molar-refractivity contribution in [2.45, 2.75) is 0 Å². The maximum absolute atomic E-state index is 12.4. The van der Waals surface area contributed by atoms with E-state index in [0.29, 0.717) is 12.3 Å². The average Bonchev–Trinajstić information content (AvgIpc) is 3.07. The van der Waals surface area contributed by atoms with Gasteiger partial charge < -0.3 is 19.4 Å². The Morgan fingerprint density at radius 2 is 1.92 bits per heavy atom. The Hall–Kier alpha value is -2.37. The summed E-state index contributed by atoms with van der Waals surface area (Å²) in [6.45, 7) is 5.18. The molecular formula is C19H21N2O3+. The molecule has 0 unspecified atom stereocenters. The van der Waals surface area contributed by atoms with Crippen LogP contribution in [0.2, 0.25) is 0 Å². The van der Waals surface area contributed by atoms with E-state index in [4.69, 9.17) is 9.15 Å². The van der Waals surface area contributed by atoms with Gasteiger partial charge in [0.05, 0.1) is 26.3 Å². The van der Waals surface area contributed by atoms with Gasteiger partial charge in [0.15, 0.2) is 5.76 Å². The minimum absolute atomic E-state index is 0.150. The van der Waals surface area contributed by atoms with E-state index in [1.165, 1.54) is 4.90 Å². The smallest absolute Gasteiger partial charge is 0.287 e. The second kappa shape index (κ2) is 6.63. The number of fused-ring (bicyclic) bond motifs is 3. The van der Waals surface area contributed by atoms with Crippen LogP contribution in [-0.4, -0.2) is 45.3 Å². The average molecular weight is 325 g/mol. The van der Waals surface area contributed by atoms with Crippen molar-refractivity contribution in [1.29, 1.82) is 0 Å². The molecule has 0 atom stereocenters. The third kappa shape index (κ3) is 3.00. The van der Waals surface area contributed by atoms with Gasteiger partial charge in [-0.2, -0.15) is 0 Å². The van der Waals surface area contributed by atoms with Crippen molar-refractivity contribution in [3.63, 3.8) is 0 Å². The molecule has 1 fully saturated rings. The van der Waals surface area contributed by atoms with Crippen LogP contribution in [-0.2, 0) is 4.74 Å². The van der Waals surface area contributed by atoms with Crippen LogP contribution in [0.5, 0.6) is 0 Å². The summed E-state index contributed by atoms with van der Waals surface area (Å²) in [6, 6.07) is 13.9. The number of nitrogens with one attached hydrogen (secondary N) is 2. The standard InChI is InChI=1S/C19H20N2O3/c22-19(20-7-8-21-9-11-23-12-10-21)18-13-16-15-4-2-1-3-14(15)5-6-17(16)24-18/h1-6,13H,7-12H2,(H,20,22)/p+1. The Labute approximate surface area is 140 Å². The number of carbonyl (C=O) groups is 1. The summed E-state index contributed by atoms with van der Waals surface area (Å²) in [7, 11) is 0. The maximum atomic E-state index is 12.4. The monoisotopic (exact) mass is 325 g/mol. The Balaban J connectivity index is 1.47. The highest BCUT2D eigenvalue weighted by molar-refractivity contribution is 6.08. The molecule has 0 bridgehead atoms. The fourth-order valence-electron chi connectivity index (χ4n) is 3.25. The van der Waals surface area contributed by atoms with E-state index in [1.807, 2.05) is 30.3 Å². The molecule has 0 aliphatic carbocycles. The summed E-state index contributed by atoms with van der Waals surface area (Å²) in [6.07, 6.45) is 0. The molecule has 2 heterocycles. The zero-order valence-corrected chi connectivity index (χ0v) is 13.5. The van der Waals surface area contributed by atoms with Gasteiger partial charge in [0.25, 0.3) is 5.91 Å². The number of amides is 1. The van der Waals surface area contributed by atoms with E-state index in [0.717, 1.165) is 54.6 Å². The molecule has 1 aromatic heterocycles. The molecule has 0 saturated carbocycles. The summed E-state index contributed by atoms with van der Waals surface area (Å²) in [5.74, 6) is 0.223. The summed E-state index contributed by atoms with van der Waals surface area (Å²) in [5.41, 5.74) is 0.748. The zero-order chi connectivity index (χ0) is 16.4. The number of hydrogen-bond acceptors (Lipinski definition) is 3. The minimum Gasteiger partial charge on any atom is -0.451 e. The Kier molecular flexibility index (Phi) is 4.19. The van der Waals surface area contributed by atoms with Gasteiger partial charge in [-0.15, -0.1) is 0 Å². The number of morpholine rings is 1. The number of benzene rings is 2. The lowest BCUT2D eigenvalue weighted by atomic mass is 10.1. The van der Waals surface area contributed by atoms with Crippen LogP contribution >= 0.6 is 0 Å². The van der Waals surface area contributed by atoms with Crippen molar-refractivity contribution in [3.05, 3.63) is 48.2 Å². The molecule has 24 heavy (non-hydrogen) atoms. The highest BCUT2D eigenvalue weighted by Gasteiger charge is 2.16. The minimum atomic E-state index is -0.150. The van der Waals surface area contributed by atoms with E-state index in [-0.39, 0.29) is 5.91 Å². The third-order valence-electron chi connectivity index (χ3n) is 4.61. The van der Waals surface area contributed by atoms with Gasteiger partial charge in [0.1, 0.15) is 18.7 Å². The molecule has 2 aromatic carbocycles. The second-order valence-corrected chi connectivity index (χ2v) is 6.18. The SMILES string of the molecule is O=C(NCC[NH+]1CCOCC1)c1cc2c(ccc3ccccc32)o1. The Morgan fingerprint density at radius 3 is 2.79 bits per heavy atom. The fraction of sp³-hybridized carbons (Fsp3) is 0.316. The van der Waals surface area contributed by atoms with Gasteiger partial charge in [0.2, 0.25) is 0 Å². The highest BCUT2D eigenvalue weighted by atomic mass is 16.5. The van der Waals surface area contributed by atoms with Crippen molar-refractivity contribution in [3.8, 4) is 0 Å². The van der Waals surface area contributed by atoms with Crippen molar-refractivity contribution < 1.29 is 18.8 Å². The topological polar surface area (TPSA) is 55.9 Å². The first-order chi connectivity index (χ1) is 11.8. The molecule has 5 nitrogen and oxygen atoms in total. The number of rotatable bonds is 4. The van der Waals surface area contributed by atoms with Crippen molar-refractivity contribution in [2.75, 3.05) is 39.4 Å². The summed E-state index contributed by atoms with van der Waals surface area (Å²) < 4.78 is 11.1. The van der Waals surface area contributed by atoms with Crippen LogP contribution in [0.15, 0.2) is 46.9 Å². The van der Waals surface area contributed by atoms with Crippen LogP contribution in [0.25, 0.3) is 21.7 Å². The van der Waals surface area contributed by atoms with Crippen LogP contribution in [0.3, 0.4) is 0 Å². The van der Waals surface area contributed by atoms with Gasteiger partial charge in [-0.05, 0) is 22.9 Å². The third-order valence-corrected chi connectivity index (χ3v) is 4.61. The first kappa shape index (κ1) is 15.2. The first-order valence-electron chi connectivity index (χ1n) is 8.42. The fourth-order valence-corrected chi connectivity index (χ4v) is 3.25. The van der Waals surface area contributed by atoms with Crippen LogP contribution in [0, 0.1) is 0 Å². The van der Waals surface area contributed by atoms with Gasteiger partial charge in [-0.3, -0.25) is 4.79 Å². The molecule has 4 rings (SSSR count). The van der Waals surface area contributed by atoms with Crippen LogP contribution in [0.1, 0.15) is 10.6 Å². The molecule has 0 radical (unpaired) electrons. The summed E-state index contributed by atoms with van der Waals surface area (Å²) in [5, 5.41) is 6.20. The second-order valence-electron chi connectivity index (χ2n) is 6.18. The molecule has 2 N–H and O–H groups in total. The van der Waals surface area contributed by atoms with E-state index in [2.05, 4.69) is 17.4 Å². The molecule has 124 valence electrons. The van der Waals surface area contributed by atoms with Gasteiger partial charge in [0, 0.05) is 5.39 Å². The largest absolute Gasteiger partial charge is 0.451 e. The summed E-state index contributed by atoms with van der Waals surface area (Å²) >= 11 is 0. The Morgan fingerprint density at radius 1 is 1.08 bits per heavy atom. The molecule has 1 saturated heterocycles. The molecule has 0 spiro atoms. The molecule has 1 amide bonds. The van der Waals surface area contributed by atoms with E-state index < -0.39 is 0 Å². The molecular weight excluding hydrogens is 304 g/mol. The number of ether oxygens (including phenoxy) is 1.